The molecule has 1 aromatic rings. The summed E-state index contributed by atoms with van der Waals surface area (Å²) in [6.45, 7) is 2.02. The van der Waals surface area contributed by atoms with Gasteiger partial charge in [0.15, 0.2) is 0 Å². The Bertz CT molecular complexity index is 335. The number of hydrogen-bond acceptors (Lipinski definition) is 3. The zero-order chi connectivity index (χ0) is 12.0. The Kier molecular flexibility index (Phi) is 4.64. The number of methoxy groups -OCH3 is 1. The summed E-state index contributed by atoms with van der Waals surface area (Å²) in [5.74, 6) is 0.529. The van der Waals surface area contributed by atoms with E-state index in [9.17, 15) is 4.79 Å². The standard InChI is InChI=1S/C12H18N2O2/c1-3-9(8-12(13)15)14-10-4-6-11(16-2)7-5-10/h4-7,9,14H,3,8H2,1-2H3,(H2,13,15)/t9-/m1/s1. The minimum absolute atomic E-state index is 0.0888. The fraction of sp³-hybridized carbons (Fsp3) is 0.417. The van der Waals surface area contributed by atoms with Crippen LogP contribution in [0.5, 0.6) is 5.75 Å². The van der Waals surface area contributed by atoms with Gasteiger partial charge in [-0.15, -0.1) is 0 Å². The number of amides is 1. The molecule has 0 bridgehead atoms. The lowest BCUT2D eigenvalue weighted by molar-refractivity contribution is -0.118. The van der Waals surface area contributed by atoms with E-state index in [1.807, 2.05) is 31.2 Å². The number of nitrogens with two attached hydrogens (primary N) is 1. The predicted molar refractivity (Wildman–Crippen MR) is 64.5 cm³/mol. The normalized spacial score (nSPS) is 11.9. The van der Waals surface area contributed by atoms with E-state index in [2.05, 4.69) is 5.32 Å². The second-order valence-corrected chi connectivity index (χ2v) is 3.65. The highest BCUT2D eigenvalue weighted by Gasteiger charge is 2.09. The Morgan fingerprint density at radius 1 is 1.44 bits per heavy atom. The second-order valence-electron chi connectivity index (χ2n) is 3.65. The van der Waals surface area contributed by atoms with Crippen LogP contribution in [0.3, 0.4) is 0 Å². The van der Waals surface area contributed by atoms with Crippen molar-refractivity contribution in [1.29, 1.82) is 0 Å². The molecular formula is C12H18N2O2. The van der Waals surface area contributed by atoms with E-state index in [-0.39, 0.29) is 11.9 Å². The van der Waals surface area contributed by atoms with Crippen LogP contribution in [0.15, 0.2) is 24.3 Å². The van der Waals surface area contributed by atoms with Crippen molar-refractivity contribution in [2.75, 3.05) is 12.4 Å². The van der Waals surface area contributed by atoms with Crippen LogP contribution in [0.25, 0.3) is 0 Å². The maximum absolute atomic E-state index is 10.8. The summed E-state index contributed by atoms with van der Waals surface area (Å²) in [5, 5.41) is 3.25. The van der Waals surface area contributed by atoms with Crippen molar-refractivity contribution in [1.82, 2.24) is 0 Å². The molecule has 0 aliphatic rings. The van der Waals surface area contributed by atoms with Gasteiger partial charge in [0.1, 0.15) is 5.75 Å². The van der Waals surface area contributed by atoms with E-state index in [0.29, 0.717) is 6.42 Å². The number of primary amides is 1. The Labute approximate surface area is 95.8 Å². The first kappa shape index (κ1) is 12.4. The summed E-state index contributed by atoms with van der Waals surface area (Å²) in [6.07, 6.45) is 1.21. The van der Waals surface area contributed by atoms with Crippen molar-refractivity contribution in [3.8, 4) is 5.75 Å². The molecule has 1 amide bonds. The number of hydrogen-bond donors (Lipinski definition) is 2. The maximum Gasteiger partial charge on any atom is 0.219 e. The van der Waals surface area contributed by atoms with Gasteiger partial charge in [-0.3, -0.25) is 4.79 Å². The summed E-state index contributed by atoms with van der Waals surface area (Å²) in [4.78, 5) is 10.8. The topological polar surface area (TPSA) is 64.4 Å². The first-order valence-electron chi connectivity index (χ1n) is 5.34. The third-order valence-electron chi connectivity index (χ3n) is 2.40. The molecule has 3 N–H and O–H groups in total. The van der Waals surface area contributed by atoms with Crippen LogP contribution >= 0.6 is 0 Å². The van der Waals surface area contributed by atoms with Crippen LogP contribution < -0.4 is 15.8 Å². The van der Waals surface area contributed by atoms with Crippen LogP contribution in [-0.4, -0.2) is 19.1 Å². The van der Waals surface area contributed by atoms with Crippen molar-refractivity contribution in [3.05, 3.63) is 24.3 Å². The number of ether oxygens (including phenoxy) is 1. The predicted octanol–water partition coefficient (Wildman–Crippen LogP) is 1.76. The van der Waals surface area contributed by atoms with Gasteiger partial charge in [0, 0.05) is 18.2 Å². The van der Waals surface area contributed by atoms with Crippen LogP contribution in [0, 0.1) is 0 Å². The second kappa shape index (κ2) is 6.00. The van der Waals surface area contributed by atoms with Crippen molar-refractivity contribution in [2.24, 2.45) is 5.73 Å². The van der Waals surface area contributed by atoms with Gasteiger partial charge in [-0.1, -0.05) is 6.92 Å². The zero-order valence-corrected chi connectivity index (χ0v) is 9.69. The maximum atomic E-state index is 10.8. The van der Waals surface area contributed by atoms with Gasteiger partial charge < -0.3 is 15.8 Å². The van der Waals surface area contributed by atoms with E-state index >= 15 is 0 Å². The molecule has 0 fully saturated rings. The molecule has 0 saturated carbocycles. The highest BCUT2D eigenvalue weighted by atomic mass is 16.5. The van der Waals surface area contributed by atoms with Crippen LogP contribution in [-0.2, 0) is 4.79 Å². The molecule has 16 heavy (non-hydrogen) atoms. The third-order valence-corrected chi connectivity index (χ3v) is 2.40. The molecule has 0 aliphatic carbocycles. The first-order chi connectivity index (χ1) is 7.65. The van der Waals surface area contributed by atoms with Crippen LogP contribution in [0.4, 0.5) is 5.69 Å². The largest absolute Gasteiger partial charge is 0.497 e. The quantitative estimate of drug-likeness (QED) is 0.770. The summed E-state index contributed by atoms with van der Waals surface area (Å²) in [6, 6.07) is 7.68. The molecule has 4 nitrogen and oxygen atoms in total. The SMILES string of the molecule is CC[C@H](CC(N)=O)Nc1ccc(OC)cc1. The van der Waals surface area contributed by atoms with Crippen LogP contribution in [0.2, 0.25) is 0 Å². The number of nitrogens with one attached hydrogen (secondary N) is 1. The molecule has 0 aromatic heterocycles. The van der Waals surface area contributed by atoms with Gasteiger partial charge in [0.2, 0.25) is 5.91 Å². The Morgan fingerprint density at radius 2 is 2.06 bits per heavy atom. The summed E-state index contributed by atoms with van der Waals surface area (Å²) in [5.41, 5.74) is 6.14. The van der Waals surface area contributed by atoms with Crippen molar-refractivity contribution < 1.29 is 9.53 Å². The highest BCUT2D eigenvalue weighted by Crippen LogP contribution is 2.17. The number of carbonyl (C=O) groups excluding carboxylic acids is 1. The molecule has 1 rings (SSSR count). The molecule has 0 saturated heterocycles. The molecule has 1 atom stereocenters. The smallest absolute Gasteiger partial charge is 0.219 e. The van der Waals surface area contributed by atoms with Crippen molar-refractivity contribution in [2.45, 2.75) is 25.8 Å². The Hall–Kier alpha value is -1.71. The van der Waals surface area contributed by atoms with Gasteiger partial charge in [-0.25, -0.2) is 0 Å². The summed E-state index contributed by atoms with van der Waals surface area (Å²) >= 11 is 0. The monoisotopic (exact) mass is 222 g/mol. The van der Waals surface area contributed by atoms with Crippen LogP contribution in [0.1, 0.15) is 19.8 Å². The van der Waals surface area contributed by atoms with E-state index in [0.717, 1.165) is 17.9 Å². The molecule has 1 aromatic carbocycles. The average molecular weight is 222 g/mol. The lowest BCUT2D eigenvalue weighted by atomic mass is 10.1. The summed E-state index contributed by atoms with van der Waals surface area (Å²) in [7, 11) is 1.63. The molecule has 0 radical (unpaired) electrons. The molecular weight excluding hydrogens is 204 g/mol. The third kappa shape index (κ3) is 3.81. The van der Waals surface area contributed by atoms with Crippen molar-refractivity contribution in [3.63, 3.8) is 0 Å². The minimum Gasteiger partial charge on any atom is -0.497 e. The van der Waals surface area contributed by atoms with E-state index in [4.69, 9.17) is 10.5 Å². The lowest BCUT2D eigenvalue weighted by Crippen LogP contribution is -2.26. The van der Waals surface area contributed by atoms with E-state index in [1.165, 1.54) is 0 Å². The molecule has 0 heterocycles. The molecule has 4 heteroatoms. The van der Waals surface area contributed by atoms with E-state index in [1.54, 1.807) is 7.11 Å². The fourth-order valence-corrected chi connectivity index (χ4v) is 1.46. The molecule has 0 spiro atoms. The average Bonchev–Trinajstić information content (AvgIpc) is 2.28. The van der Waals surface area contributed by atoms with E-state index < -0.39 is 0 Å². The zero-order valence-electron chi connectivity index (χ0n) is 9.69. The lowest BCUT2D eigenvalue weighted by Gasteiger charge is -2.16. The van der Waals surface area contributed by atoms with Gasteiger partial charge in [0.05, 0.1) is 7.11 Å². The molecule has 0 unspecified atom stereocenters. The molecule has 0 aliphatic heterocycles. The van der Waals surface area contributed by atoms with Gasteiger partial charge in [-0.05, 0) is 30.7 Å². The first-order valence-corrected chi connectivity index (χ1v) is 5.34. The molecule has 88 valence electrons. The Morgan fingerprint density at radius 3 is 2.50 bits per heavy atom. The van der Waals surface area contributed by atoms with Gasteiger partial charge in [0.25, 0.3) is 0 Å². The minimum atomic E-state index is -0.284. The number of rotatable bonds is 6. The van der Waals surface area contributed by atoms with Gasteiger partial charge >= 0.3 is 0 Å². The highest BCUT2D eigenvalue weighted by molar-refractivity contribution is 5.75. The number of benzene rings is 1. The van der Waals surface area contributed by atoms with Gasteiger partial charge in [-0.2, -0.15) is 0 Å². The number of anilines is 1. The number of carbonyl (C=O) groups is 1. The van der Waals surface area contributed by atoms with Crippen molar-refractivity contribution >= 4 is 11.6 Å². The fourth-order valence-electron chi connectivity index (χ4n) is 1.46. The summed E-state index contributed by atoms with van der Waals surface area (Å²) < 4.78 is 5.06. The Balaban J connectivity index is 2.59.